The fourth-order valence-electron chi connectivity index (χ4n) is 0.597. The summed E-state index contributed by atoms with van der Waals surface area (Å²) < 4.78 is 0. The van der Waals surface area contributed by atoms with E-state index in [9.17, 15) is 0 Å². The molecule has 1 nitrogen and oxygen atoms in total. The second-order valence-electron chi connectivity index (χ2n) is 2.41. The molecule has 0 heterocycles. The molecular weight excluding hydrogens is 166 g/mol. The van der Waals surface area contributed by atoms with Gasteiger partial charge in [-0.05, 0) is 24.2 Å². The smallest absolute Gasteiger partial charge is 0.0622 e. The molecule has 0 spiro atoms. The Morgan fingerprint density at radius 3 is 2.60 bits per heavy atom. The summed E-state index contributed by atoms with van der Waals surface area (Å²) in [5, 5.41) is 8.25. The van der Waals surface area contributed by atoms with E-state index in [-0.39, 0.29) is 0 Å². The highest BCUT2D eigenvalue weighted by molar-refractivity contribution is 8.50. The molecule has 0 aliphatic rings. The standard InChI is InChI=1S/C7H14ClNS/c1-3-10(2,8)7-5-4-6-9/h3-5,7H2,1-2H3. The second-order valence-corrected chi connectivity index (χ2v) is 7.94. The number of rotatable bonds is 4. The minimum absolute atomic E-state index is 0.648. The molecule has 1 unspecified atom stereocenters. The van der Waals surface area contributed by atoms with Crippen LogP contribution in [0, 0.1) is 11.3 Å². The first-order chi connectivity index (χ1) is 4.62. The van der Waals surface area contributed by atoms with Crippen molar-refractivity contribution in [2.75, 3.05) is 17.8 Å². The lowest BCUT2D eigenvalue weighted by Gasteiger charge is -2.25. The van der Waals surface area contributed by atoms with Gasteiger partial charge in [-0.3, -0.25) is 0 Å². The lowest BCUT2D eigenvalue weighted by atomic mass is 10.4. The van der Waals surface area contributed by atoms with E-state index in [1.165, 1.54) is 0 Å². The van der Waals surface area contributed by atoms with Crippen molar-refractivity contribution < 1.29 is 0 Å². The molecule has 0 bridgehead atoms. The molecular formula is C7H14ClNS. The number of nitrogens with zero attached hydrogens (tertiary/aromatic N) is 1. The number of hydrogen-bond acceptors (Lipinski definition) is 1. The van der Waals surface area contributed by atoms with Gasteiger partial charge in [-0.1, -0.05) is 17.6 Å². The van der Waals surface area contributed by atoms with E-state index >= 15 is 0 Å². The van der Waals surface area contributed by atoms with Crippen LogP contribution in [0.1, 0.15) is 19.8 Å². The fraction of sp³-hybridized carbons (Fsp3) is 0.857. The van der Waals surface area contributed by atoms with Gasteiger partial charge in [0, 0.05) is 6.42 Å². The Morgan fingerprint density at radius 1 is 1.60 bits per heavy atom. The van der Waals surface area contributed by atoms with Crippen molar-refractivity contribution >= 4 is 19.9 Å². The zero-order valence-corrected chi connectivity index (χ0v) is 8.13. The summed E-state index contributed by atoms with van der Waals surface area (Å²) in [6.07, 6.45) is 3.71. The van der Waals surface area contributed by atoms with Crippen LogP contribution in [0.2, 0.25) is 0 Å². The van der Waals surface area contributed by atoms with Crippen LogP contribution in [-0.4, -0.2) is 17.8 Å². The molecule has 0 rings (SSSR count). The first kappa shape index (κ1) is 10.1. The first-order valence-electron chi connectivity index (χ1n) is 3.42. The van der Waals surface area contributed by atoms with E-state index in [4.69, 9.17) is 15.9 Å². The monoisotopic (exact) mass is 179 g/mol. The molecule has 0 aromatic carbocycles. The first-order valence-corrected chi connectivity index (χ1v) is 6.63. The summed E-state index contributed by atoms with van der Waals surface area (Å²) in [6, 6.07) is 2.12. The van der Waals surface area contributed by atoms with E-state index in [0.717, 1.165) is 17.9 Å². The number of nitriles is 1. The molecule has 0 N–H and O–H groups in total. The molecule has 3 heteroatoms. The van der Waals surface area contributed by atoms with Crippen molar-refractivity contribution in [2.45, 2.75) is 19.8 Å². The van der Waals surface area contributed by atoms with Crippen LogP contribution in [0.5, 0.6) is 0 Å². The van der Waals surface area contributed by atoms with E-state index in [1.54, 1.807) is 0 Å². The van der Waals surface area contributed by atoms with Crippen LogP contribution < -0.4 is 0 Å². The zero-order chi connectivity index (χ0) is 8.04. The van der Waals surface area contributed by atoms with Crippen molar-refractivity contribution in [3.63, 3.8) is 0 Å². The molecule has 0 aromatic heterocycles. The van der Waals surface area contributed by atoms with Gasteiger partial charge in [0.2, 0.25) is 0 Å². The van der Waals surface area contributed by atoms with Crippen LogP contribution in [0.25, 0.3) is 0 Å². The Kier molecular flexibility index (Phi) is 4.93. The summed E-state index contributed by atoms with van der Waals surface area (Å²) in [4.78, 5) is 0. The molecule has 10 heavy (non-hydrogen) atoms. The van der Waals surface area contributed by atoms with Crippen LogP contribution >= 0.6 is 19.9 Å². The predicted molar refractivity (Wildman–Crippen MR) is 49.6 cm³/mol. The molecule has 0 aromatic rings. The average molecular weight is 180 g/mol. The van der Waals surface area contributed by atoms with Gasteiger partial charge in [-0.15, -0.1) is 0 Å². The number of halogens is 1. The Labute approximate surface area is 69.2 Å². The van der Waals surface area contributed by atoms with Crippen molar-refractivity contribution in [1.82, 2.24) is 0 Å². The van der Waals surface area contributed by atoms with Crippen LogP contribution in [0.4, 0.5) is 0 Å². The van der Waals surface area contributed by atoms with Gasteiger partial charge >= 0.3 is 0 Å². The fourth-order valence-corrected chi connectivity index (χ4v) is 1.96. The minimum atomic E-state index is -0.871. The predicted octanol–water partition coefficient (Wildman–Crippen LogP) is 2.90. The highest BCUT2D eigenvalue weighted by atomic mass is 35.7. The third kappa shape index (κ3) is 4.96. The quantitative estimate of drug-likeness (QED) is 0.609. The van der Waals surface area contributed by atoms with Gasteiger partial charge in [0.15, 0.2) is 0 Å². The Bertz CT molecular complexity index is 128. The van der Waals surface area contributed by atoms with Crippen molar-refractivity contribution in [3.8, 4) is 6.07 Å². The van der Waals surface area contributed by atoms with Crippen LogP contribution in [0.15, 0.2) is 0 Å². The molecule has 60 valence electrons. The Balaban J connectivity index is 3.39. The molecule has 0 aliphatic carbocycles. The summed E-state index contributed by atoms with van der Waals surface area (Å²) in [5.74, 6) is 2.08. The van der Waals surface area contributed by atoms with E-state index in [2.05, 4.69) is 19.2 Å². The molecule has 0 fully saturated rings. The van der Waals surface area contributed by atoms with Gasteiger partial charge < -0.3 is 0 Å². The summed E-state index contributed by atoms with van der Waals surface area (Å²) >= 11 is 0. The lowest BCUT2D eigenvalue weighted by Crippen LogP contribution is -1.97. The van der Waals surface area contributed by atoms with E-state index in [1.807, 2.05) is 0 Å². The summed E-state index contributed by atoms with van der Waals surface area (Å²) in [7, 11) is 5.26. The van der Waals surface area contributed by atoms with Crippen molar-refractivity contribution in [2.24, 2.45) is 0 Å². The average Bonchev–Trinajstić information content (AvgIpc) is 1.89. The maximum atomic E-state index is 8.25. The topological polar surface area (TPSA) is 23.8 Å². The molecule has 1 atom stereocenters. The largest absolute Gasteiger partial charge is 0.198 e. The lowest BCUT2D eigenvalue weighted by molar-refractivity contribution is 0.977. The van der Waals surface area contributed by atoms with Crippen LogP contribution in [-0.2, 0) is 0 Å². The van der Waals surface area contributed by atoms with E-state index < -0.39 is 9.24 Å². The highest BCUT2D eigenvalue weighted by Gasteiger charge is 2.09. The summed E-state index contributed by atoms with van der Waals surface area (Å²) in [5.41, 5.74) is 0. The highest BCUT2D eigenvalue weighted by Crippen LogP contribution is 2.49. The van der Waals surface area contributed by atoms with Gasteiger partial charge in [-0.25, -0.2) is 0 Å². The third-order valence-corrected chi connectivity index (χ3v) is 4.92. The SMILES string of the molecule is CCS(C)(Cl)CCCC#N. The zero-order valence-electron chi connectivity index (χ0n) is 6.56. The maximum absolute atomic E-state index is 8.25. The summed E-state index contributed by atoms with van der Waals surface area (Å²) in [6.45, 7) is 2.11. The molecule has 0 amide bonds. The van der Waals surface area contributed by atoms with Crippen molar-refractivity contribution in [1.29, 1.82) is 5.26 Å². The van der Waals surface area contributed by atoms with Gasteiger partial charge in [0.1, 0.15) is 0 Å². The number of unbranched alkanes of at least 4 members (excludes halogenated alkanes) is 1. The normalized spacial score (nSPS) is 19.0. The second kappa shape index (κ2) is 4.87. The number of hydrogen-bond donors (Lipinski definition) is 0. The molecule has 0 saturated heterocycles. The van der Waals surface area contributed by atoms with Gasteiger partial charge in [-0.2, -0.15) is 14.5 Å². The van der Waals surface area contributed by atoms with Gasteiger partial charge in [0.05, 0.1) is 6.07 Å². The Hall–Kier alpha value is 0.130. The van der Waals surface area contributed by atoms with Gasteiger partial charge in [0.25, 0.3) is 0 Å². The van der Waals surface area contributed by atoms with E-state index in [0.29, 0.717) is 6.42 Å². The Morgan fingerprint density at radius 2 is 2.20 bits per heavy atom. The maximum Gasteiger partial charge on any atom is 0.0622 e. The van der Waals surface area contributed by atoms with Crippen LogP contribution in [0.3, 0.4) is 0 Å². The van der Waals surface area contributed by atoms with Crippen molar-refractivity contribution in [3.05, 3.63) is 0 Å². The minimum Gasteiger partial charge on any atom is -0.198 e. The third-order valence-electron chi connectivity index (χ3n) is 1.46. The molecule has 0 saturated carbocycles. The molecule has 0 radical (unpaired) electrons. The molecule has 0 aliphatic heterocycles.